The average Bonchev–Trinajstić information content (AvgIpc) is 2.93. The molecule has 0 bridgehead atoms. The lowest BCUT2D eigenvalue weighted by Crippen LogP contribution is -1.96. The average molecular weight is 521 g/mol. The zero-order valence-corrected chi connectivity index (χ0v) is 22.3. The Morgan fingerprint density at radius 3 is 1.33 bits per heavy atom. The maximum absolute atomic E-state index is 5.60. The van der Waals surface area contributed by atoms with Crippen LogP contribution in [0.15, 0.2) is 82.8 Å². The molecule has 0 atom stereocenters. The number of rotatable bonds is 11. The molecule has 0 aliphatic heterocycles. The molecule has 0 saturated carbocycles. The highest BCUT2D eigenvalue weighted by atomic mass is 33.1. The molecule has 6 nitrogen and oxygen atoms in total. The molecule has 186 valence electrons. The van der Waals surface area contributed by atoms with Crippen molar-refractivity contribution in [2.24, 2.45) is 0 Å². The quantitative estimate of drug-likeness (QED) is 0.208. The van der Waals surface area contributed by atoms with Crippen molar-refractivity contribution in [3.63, 3.8) is 0 Å². The van der Waals surface area contributed by atoms with Gasteiger partial charge >= 0.3 is 0 Å². The molecule has 0 aliphatic carbocycles. The Balaban J connectivity index is 1.47. The normalized spacial score (nSPS) is 10.7. The summed E-state index contributed by atoms with van der Waals surface area (Å²) in [7, 11) is 10.1. The van der Waals surface area contributed by atoms with Crippen LogP contribution in [0.3, 0.4) is 0 Å². The van der Waals surface area contributed by atoms with Gasteiger partial charge in [0.05, 0.1) is 28.4 Å². The van der Waals surface area contributed by atoms with Gasteiger partial charge in [0.25, 0.3) is 0 Å². The second-order valence-corrected chi connectivity index (χ2v) is 10.2. The lowest BCUT2D eigenvalue weighted by Gasteiger charge is -2.12. The van der Waals surface area contributed by atoms with Gasteiger partial charge in [-0.2, -0.15) is 0 Å². The van der Waals surface area contributed by atoms with Crippen molar-refractivity contribution in [3.8, 4) is 23.3 Å². The smallest absolute Gasteiger partial charge is 0.212 e. The molecule has 0 aliphatic rings. The third kappa shape index (κ3) is 6.65. The third-order valence-corrected chi connectivity index (χ3v) is 7.92. The van der Waals surface area contributed by atoms with Crippen molar-refractivity contribution in [2.75, 3.05) is 28.4 Å². The number of aromatic nitrogens is 2. The summed E-state index contributed by atoms with van der Waals surface area (Å²) in [5.74, 6) is 2.93. The Labute approximate surface area is 219 Å². The van der Waals surface area contributed by atoms with Gasteiger partial charge in [0.1, 0.15) is 11.5 Å². The summed E-state index contributed by atoms with van der Waals surface area (Å²) < 4.78 is 21.5. The van der Waals surface area contributed by atoms with Crippen LogP contribution in [-0.4, -0.2) is 38.4 Å². The van der Waals surface area contributed by atoms with Gasteiger partial charge in [-0.25, -0.2) is 9.97 Å². The first-order valence-corrected chi connectivity index (χ1v) is 13.4. The van der Waals surface area contributed by atoms with E-state index in [2.05, 4.69) is 34.2 Å². The van der Waals surface area contributed by atoms with Crippen LogP contribution in [-0.2, 0) is 12.8 Å². The molecular formula is C28H28N2O4S2. The number of benzene rings is 2. The Kier molecular flexibility index (Phi) is 8.97. The fourth-order valence-corrected chi connectivity index (χ4v) is 5.72. The molecule has 4 aromatic rings. The summed E-state index contributed by atoms with van der Waals surface area (Å²) in [6.07, 6.45) is 5.12. The lowest BCUT2D eigenvalue weighted by molar-refractivity contribution is 0.397. The number of hydrogen-bond donors (Lipinski definition) is 0. The number of methoxy groups -OCH3 is 4. The molecule has 0 amide bonds. The van der Waals surface area contributed by atoms with E-state index in [0.717, 1.165) is 56.4 Å². The molecule has 0 N–H and O–H groups in total. The van der Waals surface area contributed by atoms with Crippen LogP contribution in [0.25, 0.3) is 0 Å². The van der Waals surface area contributed by atoms with Gasteiger partial charge in [-0.15, -0.1) is 0 Å². The van der Waals surface area contributed by atoms with Gasteiger partial charge in [0.2, 0.25) is 11.8 Å². The van der Waals surface area contributed by atoms with E-state index in [9.17, 15) is 0 Å². The van der Waals surface area contributed by atoms with E-state index in [4.69, 9.17) is 18.9 Å². The van der Waals surface area contributed by atoms with Crippen LogP contribution in [0.4, 0.5) is 0 Å². The van der Waals surface area contributed by atoms with Crippen LogP contribution in [0.2, 0.25) is 0 Å². The summed E-state index contributed by atoms with van der Waals surface area (Å²) in [4.78, 5) is 10.9. The maximum atomic E-state index is 5.60. The van der Waals surface area contributed by atoms with Crippen molar-refractivity contribution in [3.05, 3.63) is 95.3 Å². The Hall–Kier alpha value is -3.36. The summed E-state index contributed by atoms with van der Waals surface area (Å²) >= 11 is 0. The van der Waals surface area contributed by atoms with Gasteiger partial charge in [-0.3, -0.25) is 0 Å². The Morgan fingerprint density at radius 2 is 1.00 bits per heavy atom. The summed E-state index contributed by atoms with van der Waals surface area (Å²) in [5, 5.41) is 0. The minimum absolute atomic E-state index is 0.605. The topological polar surface area (TPSA) is 62.7 Å². The largest absolute Gasteiger partial charge is 0.496 e. The molecular weight excluding hydrogens is 492 g/mol. The predicted molar refractivity (Wildman–Crippen MR) is 145 cm³/mol. The molecule has 8 heteroatoms. The second kappa shape index (κ2) is 12.6. The molecule has 0 radical (unpaired) electrons. The summed E-state index contributed by atoms with van der Waals surface area (Å²) in [5.41, 5.74) is 4.41. The van der Waals surface area contributed by atoms with Crippen LogP contribution in [0.1, 0.15) is 22.3 Å². The van der Waals surface area contributed by atoms with Gasteiger partial charge in [0, 0.05) is 47.2 Å². The monoisotopic (exact) mass is 520 g/mol. The highest BCUT2D eigenvalue weighted by Crippen LogP contribution is 2.40. The number of nitrogens with zero attached hydrogens (tertiary/aromatic N) is 2. The van der Waals surface area contributed by atoms with Crippen molar-refractivity contribution < 1.29 is 18.9 Å². The predicted octanol–water partition coefficient (Wildman–Crippen LogP) is 6.49. The van der Waals surface area contributed by atoms with Crippen LogP contribution in [0.5, 0.6) is 23.3 Å². The SMILES string of the molecule is COc1ccc(Cc2cc(SSc3ccc(OC)c(Cc4ccc(OC)nc4)c3)ccc2OC)cn1. The minimum Gasteiger partial charge on any atom is -0.496 e. The molecule has 0 saturated heterocycles. The fraction of sp³-hybridized carbons (Fsp3) is 0.214. The van der Waals surface area contributed by atoms with E-state index in [-0.39, 0.29) is 0 Å². The van der Waals surface area contributed by atoms with Crippen LogP contribution >= 0.6 is 21.6 Å². The fourth-order valence-electron chi connectivity index (χ4n) is 3.70. The maximum Gasteiger partial charge on any atom is 0.212 e. The molecule has 2 heterocycles. The highest BCUT2D eigenvalue weighted by Gasteiger charge is 2.10. The standard InChI is InChI=1S/C28H28N2O4S2/c1-31-25-9-7-23(15-21(25)13-19-5-11-27(33-3)29-17-19)35-36-24-8-10-26(32-2)22(16-24)14-20-6-12-28(34-4)30-18-20/h5-12,15-18H,13-14H2,1-4H3. The van der Waals surface area contributed by atoms with E-state index in [1.165, 1.54) is 0 Å². The molecule has 0 fully saturated rings. The lowest BCUT2D eigenvalue weighted by atomic mass is 10.1. The first-order valence-electron chi connectivity index (χ1n) is 11.3. The van der Waals surface area contributed by atoms with Crippen LogP contribution < -0.4 is 18.9 Å². The molecule has 0 spiro atoms. The molecule has 2 aromatic heterocycles. The summed E-state index contributed by atoms with van der Waals surface area (Å²) in [6, 6.07) is 20.4. The van der Waals surface area contributed by atoms with Crippen molar-refractivity contribution in [1.82, 2.24) is 9.97 Å². The first kappa shape index (κ1) is 25.7. The Bertz CT molecular complexity index is 1180. The summed E-state index contributed by atoms with van der Waals surface area (Å²) in [6.45, 7) is 0. The van der Waals surface area contributed by atoms with E-state index in [1.807, 2.05) is 48.8 Å². The number of pyridine rings is 2. The highest BCUT2D eigenvalue weighted by molar-refractivity contribution is 8.76. The molecule has 36 heavy (non-hydrogen) atoms. The second-order valence-electron chi connectivity index (χ2n) is 7.89. The van der Waals surface area contributed by atoms with Crippen molar-refractivity contribution >= 4 is 21.6 Å². The zero-order chi connectivity index (χ0) is 25.3. The number of ether oxygens (including phenoxy) is 4. The van der Waals surface area contributed by atoms with Crippen molar-refractivity contribution in [2.45, 2.75) is 22.6 Å². The molecule has 0 unspecified atom stereocenters. The zero-order valence-electron chi connectivity index (χ0n) is 20.7. The van der Waals surface area contributed by atoms with Crippen LogP contribution in [0, 0.1) is 0 Å². The van der Waals surface area contributed by atoms with E-state index in [0.29, 0.717) is 11.8 Å². The number of hydrogen-bond acceptors (Lipinski definition) is 8. The first-order chi connectivity index (χ1) is 17.6. The minimum atomic E-state index is 0.605. The van der Waals surface area contributed by atoms with E-state index in [1.54, 1.807) is 50.0 Å². The van der Waals surface area contributed by atoms with Gasteiger partial charge in [-0.05, 0) is 58.7 Å². The molecule has 4 rings (SSSR count). The molecule has 2 aromatic carbocycles. The van der Waals surface area contributed by atoms with E-state index >= 15 is 0 Å². The third-order valence-electron chi connectivity index (χ3n) is 5.54. The van der Waals surface area contributed by atoms with Gasteiger partial charge in [-0.1, -0.05) is 33.7 Å². The Morgan fingerprint density at radius 1 is 0.556 bits per heavy atom. The van der Waals surface area contributed by atoms with E-state index < -0.39 is 0 Å². The van der Waals surface area contributed by atoms with Gasteiger partial charge in [0.15, 0.2) is 0 Å². The van der Waals surface area contributed by atoms with Crippen molar-refractivity contribution in [1.29, 1.82) is 0 Å². The van der Waals surface area contributed by atoms with Gasteiger partial charge < -0.3 is 18.9 Å².